The Bertz CT molecular complexity index is 310. The minimum Gasteiger partial charge on any atom is -0.327 e. The Labute approximate surface area is 85.0 Å². The lowest BCUT2D eigenvalue weighted by Crippen LogP contribution is -2.28. The first-order valence-corrected chi connectivity index (χ1v) is 5.23. The van der Waals surface area contributed by atoms with Gasteiger partial charge in [0, 0.05) is 24.0 Å². The highest BCUT2D eigenvalue weighted by Gasteiger charge is 2.29. The first-order chi connectivity index (χ1) is 6.75. The minimum absolute atomic E-state index is 0.0177. The quantitative estimate of drug-likeness (QED) is 0.734. The van der Waals surface area contributed by atoms with E-state index in [9.17, 15) is 4.79 Å². The topological polar surface area (TPSA) is 93.8 Å². The van der Waals surface area contributed by atoms with Crippen LogP contribution in [0.1, 0.15) is 19.3 Å². The number of carbonyl (C=O) groups is 1. The van der Waals surface area contributed by atoms with Gasteiger partial charge in [0.25, 0.3) is 0 Å². The highest BCUT2D eigenvalue weighted by atomic mass is 32.1. The van der Waals surface area contributed by atoms with Gasteiger partial charge in [-0.25, -0.2) is 0 Å². The van der Waals surface area contributed by atoms with Crippen LogP contribution in [0.2, 0.25) is 0 Å². The van der Waals surface area contributed by atoms with E-state index in [2.05, 4.69) is 20.1 Å². The Morgan fingerprint density at radius 1 is 1.71 bits per heavy atom. The fraction of sp³-hybridized carbons (Fsp3) is 0.714. The van der Waals surface area contributed by atoms with Gasteiger partial charge in [-0.3, -0.25) is 10.1 Å². The third-order valence-electron chi connectivity index (χ3n) is 2.19. The molecule has 1 aromatic rings. The van der Waals surface area contributed by atoms with Crippen LogP contribution in [0, 0.1) is 5.92 Å². The van der Waals surface area contributed by atoms with Crippen LogP contribution in [0.15, 0.2) is 0 Å². The molecule has 0 aliphatic heterocycles. The van der Waals surface area contributed by atoms with E-state index in [1.165, 1.54) is 0 Å². The van der Waals surface area contributed by atoms with Crippen molar-refractivity contribution in [1.29, 1.82) is 0 Å². The predicted molar refractivity (Wildman–Crippen MR) is 51.7 cm³/mol. The van der Waals surface area contributed by atoms with E-state index in [0.717, 1.165) is 24.4 Å². The maximum absolute atomic E-state index is 11.4. The minimum atomic E-state index is -0.108. The van der Waals surface area contributed by atoms with Gasteiger partial charge in [-0.2, -0.15) is 0 Å². The fourth-order valence-corrected chi connectivity index (χ4v) is 1.64. The summed E-state index contributed by atoms with van der Waals surface area (Å²) in [5.41, 5.74) is 5.80. The number of aromatic nitrogens is 3. The summed E-state index contributed by atoms with van der Waals surface area (Å²) in [6, 6.07) is -0.0177. The standard InChI is InChI=1S/C7H11N5OS/c8-5(4-1-2-4)3-6(13)9-7-10-11-12-14-7/h4-5H,1-3,8H2,(H,9,10,12,13). The van der Waals surface area contributed by atoms with Crippen molar-refractivity contribution >= 4 is 22.6 Å². The largest absolute Gasteiger partial charge is 0.327 e. The Kier molecular flexibility index (Phi) is 2.69. The Morgan fingerprint density at radius 2 is 2.50 bits per heavy atom. The van der Waals surface area contributed by atoms with Crippen molar-refractivity contribution in [2.24, 2.45) is 11.7 Å². The summed E-state index contributed by atoms with van der Waals surface area (Å²) in [5.74, 6) is 0.427. The van der Waals surface area contributed by atoms with E-state index in [4.69, 9.17) is 5.73 Å². The van der Waals surface area contributed by atoms with Gasteiger partial charge in [0.2, 0.25) is 11.0 Å². The maximum Gasteiger partial charge on any atom is 0.231 e. The molecule has 0 saturated heterocycles. The van der Waals surface area contributed by atoms with Crippen molar-refractivity contribution in [2.75, 3.05) is 5.32 Å². The van der Waals surface area contributed by atoms with Crippen LogP contribution < -0.4 is 11.1 Å². The highest BCUT2D eigenvalue weighted by molar-refractivity contribution is 7.09. The van der Waals surface area contributed by atoms with Gasteiger partial charge in [-0.05, 0) is 24.0 Å². The molecule has 6 nitrogen and oxygen atoms in total. The molecule has 0 aromatic carbocycles. The van der Waals surface area contributed by atoms with E-state index in [0.29, 0.717) is 17.5 Å². The molecule has 7 heteroatoms. The first kappa shape index (κ1) is 9.47. The van der Waals surface area contributed by atoms with Crippen LogP contribution in [0.5, 0.6) is 0 Å². The van der Waals surface area contributed by atoms with Crippen molar-refractivity contribution in [3.8, 4) is 0 Å². The van der Waals surface area contributed by atoms with E-state index >= 15 is 0 Å². The van der Waals surface area contributed by atoms with E-state index < -0.39 is 0 Å². The van der Waals surface area contributed by atoms with Gasteiger partial charge < -0.3 is 5.73 Å². The molecule has 1 fully saturated rings. The van der Waals surface area contributed by atoms with Crippen LogP contribution in [0.4, 0.5) is 5.13 Å². The molecule has 1 amide bonds. The van der Waals surface area contributed by atoms with Gasteiger partial charge in [0.15, 0.2) is 0 Å². The number of carbonyl (C=O) groups excluding carboxylic acids is 1. The second kappa shape index (κ2) is 3.97. The molecule has 1 aromatic heterocycles. The molecule has 76 valence electrons. The molecule has 1 saturated carbocycles. The van der Waals surface area contributed by atoms with Crippen molar-refractivity contribution < 1.29 is 4.79 Å². The molecule has 0 bridgehead atoms. The van der Waals surface area contributed by atoms with Crippen molar-refractivity contribution in [3.05, 3.63) is 0 Å². The number of hydrogen-bond acceptors (Lipinski definition) is 6. The number of anilines is 1. The molecule has 0 spiro atoms. The SMILES string of the molecule is NC(CC(=O)Nc1nnns1)C1CC1. The smallest absolute Gasteiger partial charge is 0.231 e. The molecule has 3 N–H and O–H groups in total. The van der Waals surface area contributed by atoms with E-state index in [-0.39, 0.29) is 11.9 Å². The number of amides is 1. The van der Waals surface area contributed by atoms with E-state index in [1.54, 1.807) is 0 Å². The normalized spacial score (nSPS) is 17.8. The predicted octanol–water partition coefficient (Wildman–Crippen LogP) is -0.00100. The molecule has 1 atom stereocenters. The lowest BCUT2D eigenvalue weighted by molar-refractivity contribution is -0.116. The van der Waals surface area contributed by atoms with Gasteiger partial charge in [0.1, 0.15) is 0 Å². The molecule has 1 unspecified atom stereocenters. The van der Waals surface area contributed by atoms with Crippen LogP contribution in [0.3, 0.4) is 0 Å². The summed E-state index contributed by atoms with van der Waals surface area (Å²) in [7, 11) is 0. The van der Waals surface area contributed by atoms with Gasteiger partial charge in [-0.1, -0.05) is 9.59 Å². The monoisotopic (exact) mass is 213 g/mol. The zero-order valence-electron chi connectivity index (χ0n) is 7.51. The number of nitrogens with zero attached hydrogens (tertiary/aromatic N) is 3. The van der Waals surface area contributed by atoms with Crippen LogP contribution in [-0.2, 0) is 4.79 Å². The van der Waals surface area contributed by atoms with Crippen LogP contribution in [0.25, 0.3) is 0 Å². The second-order valence-electron chi connectivity index (χ2n) is 3.42. The molecule has 1 heterocycles. The second-order valence-corrected chi connectivity index (χ2v) is 4.15. The number of nitrogens with two attached hydrogens (primary N) is 1. The fourth-order valence-electron chi connectivity index (χ4n) is 1.26. The third-order valence-corrected chi connectivity index (χ3v) is 2.71. The molecule has 1 aliphatic carbocycles. The van der Waals surface area contributed by atoms with Crippen molar-refractivity contribution in [2.45, 2.75) is 25.3 Å². The summed E-state index contributed by atoms with van der Waals surface area (Å²) in [6.07, 6.45) is 2.65. The summed E-state index contributed by atoms with van der Waals surface area (Å²) in [5, 5.41) is 10.0. The van der Waals surface area contributed by atoms with Crippen molar-refractivity contribution in [1.82, 2.24) is 14.8 Å². The molecule has 0 radical (unpaired) electrons. The molecular weight excluding hydrogens is 202 g/mol. The summed E-state index contributed by atoms with van der Waals surface area (Å²) in [6.45, 7) is 0. The maximum atomic E-state index is 11.4. The Balaban J connectivity index is 1.78. The molecular formula is C7H11N5OS. The zero-order chi connectivity index (χ0) is 9.97. The number of nitrogens with one attached hydrogen (secondary N) is 1. The Hall–Kier alpha value is -1.08. The number of hydrogen-bond donors (Lipinski definition) is 2. The van der Waals surface area contributed by atoms with Gasteiger partial charge in [-0.15, -0.1) is 0 Å². The molecule has 2 rings (SSSR count). The molecule has 14 heavy (non-hydrogen) atoms. The Morgan fingerprint density at radius 3 is 3.07 bits per heavy atom. The third kappa shape index (κ3) is 2.46. The lowest BCUT2D eigenvalue weighted by Gasteiger charge is -2.08. The highest BCUT2D eigenvalue weighted by Crippen LogP contribution is 2.32. The van der Waals surface area contributed by atoms with E-state index in [1.807, 2.05) is 0 Å². The lowest BCUT2D eigenvalue weighted by atomic mass is 10.1. The van der Waals surface area contributed by atoms with Crippen LogP contribution in [-0.4, -0.2) is 26.7 Å². The summed E-state index contributed by atoms with van der Waals surface area (Å²) in [4.78, 5) is 11.4. The number of rotatable bonds is 4. The molecule has 1 aliphatic rings. The van der Waals surface area contributed by atoms with Gasteiger partial charge >= 0.3 is 0 Å². The summed E-state index contributed by atoms with van der Waals surface area (Å²) < 4.78 is 3.54. The average Bonchev–Trinajstić information content (AvgIpc) is 2.87. The van der Waals surface area contributed by atoms with Crippen LogP contribution >= 0.6 is 11.5 Å². The average molecular weight is 213 g/mol. The summed E-state index contributed by atoms with van der Waals surface area (Å²) >= 11 is 1.06. The van der Waals surface area contributed by atoms with Gasteiger partial charge in [0.05, 0.1) is 0 Å². The zero-order valence-corrected chi connectivity index (χ0v) is 8.33. The first-order valence-electron chi connectivity index (χ1n) is 4.46. The van der Waals surface area contributed by atoms with Crippen molar-refractivity contribution in [3.63, 3.8) is 0 Å².